The molecule has 3 nitrogen and oxygen atoms in total. The van der Waals surface area contributed by atoms with Crippen LogP contribution >= 0.6 is 15.9 Å². The minimum absolute atomic E-state index is 0.590. The monoisotopic (exact) mass is 329 g/mol. The van der Waals surface area contributed by atoms with Crippen molar-refractivity contribution in [3.05, 3.63) is 58.1 Å². The molecule has 0 saturated heterocycles. The second-order valence-electron chi connectivity index (χ2n) is 4.68. The van der Waals surface area contributed by atoms with Crippen LogP contribution in [0, 0.1) is 11.3 Å². The van der Waals surface area contributed by atoms with Crippen molar-refractivity contribution >= 4 is 27.3 Å². The maximum absolute atomic E-state index is 8.84. The fraction of sp³-hybridized carbons (Fsp3) is 0.188. The normalized spacial score (nSPS) is 10.1. The highest BCUT2D eigenvalue weighted by molar-refractivity contribution is 9.10. The molecule has 0 aromatic heterocycles. The summed E-state index contributed by atoms with van der Waals surface area (Å²) in [5.41, 5.74) is 9.46. The van der Waals surface area contributed by atoms with Crippen molar-refractivity contribution in [1.29, 1.82) is 5.26 Å². The lowest BCUT2D eigenvalue weighted by molar-refractivity contribution is 0.878. The predicted octanol–water partition coefficient (Wildman–Crippen LogP) is 3.58. The first-order valence-electron chi connectivity index (χ1n) is 6.35. The smallest absolute Gasteiger partial charge is 0.0992 e. The number of nitriles is 1. The highest BCUT2D eigenvalue weighted by atomic mass is 79.9. The van der Waals surface area contributed by atoms with Gasteiger partial charge in [-0.25, -0.2) is 0 Å². The lowest BCUT2D eigenvalue weighted by Gasteiger charge is -2.21. The Labute approximate surface area is 127 Å². The van der Waals surface area contributed by atoms with E-state index in [9.17, 15) is 0 Å². The third kappa shape index (κ3) is 3.52. The van der Waals surface area contributed by atoms with Crippen molar-refractivity contribution in [2.45, 2.75) is 6.42 Å². The SMILES string of the molecule is CN(CCc1ccc(Br)cc1)c1ccc(C#N)cc1N. The summed E-state index contributed by atoms with van der Waals surface area (Å²) in [5, 5.41) is 8.84. The van der Waals surface area contributed by atoms with Gasteiger partial charge in [-0.1, -0.05) is 28.1 Å². The van der Waals surface area contributed by atoms with E-state index in [0.717, 1.165) is 23.1 Å². The van der Waals surface area contributed by atoms with Crippen molar-refractivity contribution in [1.82, 2.24) is 0 Å². The molecule has 20 heavy (non-hydrogen) atoms. The number of rotatable bonds is 4. The number of likely N-dealkylation sites (N-methyl/N-ethyl adjacent to an activating group) is 1. The molecule has 2 aromatic carbocycles. The van der Waals surface area contributed by atoms with Crippen LogP contribution in [-0.2, 0) is 6.42 Å². The van der Waals surface area contributed by atoms with E-state index >= 15 is 0 Å². The van der Waals surface area contributed by atoms with Crippen LogP contribution in [0.2, 0.25) is 0 Å². The van der Waals surface area contributed by atoms with Crippen LogP contribution in [0.25, 0.3) is 0 Å². The molecule has 0 aliphatic heterocycles. The Balaban J connectivity index is 2.03. The van der Waals surface area contributed by atoms with E-state index in [1.54, 1.807) is 12.1 Å². The van der Waals surface area contributed by atoms with Crippen LogP contribution < -0.4 is 10.6 Å². The summed E-state index contributed by atoms with van der Waals surface area (Å²) in [7, 11) is 2.01. The quantitative estimate of drug-likeness (QED) is 0.872. The molecule has 2 aromatic rings. The number of nitrogens with two attached hydrogens (primary N) is 1. The number of nitrogen functional groups attached to an aromatic ring is 1. The van der Waals surface area contributed by atoms with Crippen LogP contribution in [-0.4, -0.2) is 13.6 Å². The number of benzene rings is 2. The molecule has 0 amide bonds. The minimum Gasteiger partial charge on any atom is -0.397 e. The highest BCUT2D eigenvalue weighted by Gasteiger charge is 2.06. The standard InChI is InChI=1S/C16H16BrN3/c1-20(9-8-12-2-5-14(17)6-3-12)16-7-4-13(11-18)10-15(16)19/h2-7,10H,8-9,19H2,1H3. The summed E-state index contributed by atoms with van der Waals surface area (Å²) in [6.07, 6.45) is 0.948. The molecule has 0 aliphatic carbocycles. The first-order valence-corrected chi connectivity index (χ1v) is 7.14. The topological polar surface area (TPSA) is 53.0 Å². The molecule has 4 heteroatoms. The van der Waals surface area contributed by atoms with Gasteiger partial charge in [-0.15, -0.1) is 0 Å². The summed E-state index contributed by atoms with van der Waals surface area (Å²) in [4.78, 5) is 2.11. The summed E-state index contributed by atoms with van der Waals surface area (Å²) in [6.45, 7) is 0.873. The van der Waals surface area contributed by atoms with Gasteiger partial charge in [-0.3, -0.25) is 0 Å². The first kappa shape index (κ1) is 14.4. The zero-order valence-corrected chi connectivity index (χ0v) is 12.9. The summed E-state index contributed by atoms with van der Waals surface area (Å²) in [6, 6.07) is 15.8. The molecule has 0 radical (unpaired) electrons. The third-order valence-corrected chi connectivity index (χ3v) is 3.75. The highest BCUT2D eigenvalue weighted by Crippen LogP contribution is 2.23. The van der Waals surface area contributed by atoms with E-state index in [4.69, 9.17) is 11.0 Å². The Morgan fingerprint density at radius 2 is 1.90 bits per heavy atom. The molecule has 0 heterocycles. The maximum Gasteiger partial charge on any atom is 0.0992 e. The van der Waals surface area contributed by atoms with Gasteiger partial charge in [-0.2, -0.15) is 5.26 Å². The molecular weight excluding hydrogens is 314 g/mol. The Morgan fingerprint density at radius 1 is 1.20 bits per heavy atom. The Kier molecular flexibility index (Phi) is 4.65. The molecule has 0 atom stereocenters. The maximum atomic E-state index is 8.84. The van der Waals surface area contributed by atoms with Gasteiger partial charge in [0, 0.05) is 18.1 Å². The van der Waals surface area contributed by atoms with E-state index in [1.807, 2.05) is 25.2 Å². The molecular formula is C16H16BrN3. The van der Waals surface area contributed by atoms with Crippen molar-refractivity contribution < 1.29 is 0 Å². The van der Waals surface area contributed by atoms with Crippen molar-refractivity contribution in [3.8, 4) is 6.07 Å². The van der Waals surface area contributed by atoms with E-state index < -0.39 is 0 Å². The van der Waals surface area contributed by atoms with Crippen LogP contribution in [0.3, 0.4) is 0 Å². The van der Waals surface area contributed by atoms with Gasteiger partial charge in [0.1, 0.15) is 0 Å². The largest absolute Gasteiger partial charge is 0.397 e. The van der Waals surface area contributed by atoms with Crippen molar-refractivity contribution in [3.63, 3.8) is 0 Å². The zero-order chi connectivity index (χ0) is 14.5. The number of anilines is 2. The summed E-state index contributed by atoms with van der Waals surface area (Å²) >= 11 is 3.43. The van der Waals surface area contributed by atoms with Crippen molar-refractivity contribution in [2.24, 2.45) is 0 Å². The van der Waals surface area contributed by atoms with Crippen molar-refractivity contribution in [2.75, 3.05) is 24.2 Å². The molecule has 102 valence electrons. The Morgan fingerprint density at radius 3 is 2.50 bits per heavy atom. The first-order chi connectivity index (χ1) is 9.60. The number of hydrogen-bond acceptors (Lipinski definition) is 3. The average Bonchev–Trinajstić information content (AvgIpc) is 2.46. The van der Waals surface area contributed by atoms with Crippen LogP contribution in [0.5, 0.6) is 0 Å². The van der Waals surface area contributed by atoms with Gasteiger partial charge < -0.3 is 10.6 Å². The molecule has 0 fully saturated rings. The Bertz CT molecular complexity index is 629. The number of nitrogens with zero attached hydrogens (tertiary/aromatic N) is 2. The molecule has 0 saturated carbocycles. The van der Waals surface area contributed by atoms with E-state index in [-0.39, 0.29) is 0 Å². The van der Waals surface area contributed by atoms with Crippen LogP contribution in [0.4, 0.5) is 11.4 Å². The molecule has 2 rings (SSSR count). The Hall–Kier alpha value is -1.99. The van der Waals surface area contributed by atoms with Gasteiger partial charge in [0.25, 0.3) is 0 Å². The van der Waals surface area contributed by atoms with E-state index in [1.165, 1.54) is 5.56 Å². The summed E-state index contributed by atoms with van der Waals surface area (Å²) < 4.78 is 1.09. The van der Waals surface area contributed by atoms with Gasteiger partial charge in [0.15, 0.2) is 0 Å². The van der Waals surface area contributed by atoms with E-state index in [2.05, 4.69) is 39.0 Å². The minimum atomic E-state index is 0.590. The molecule has 0 spiro atoms. The molecule has 0 unspecified atom stereocenters. The van der Waals surface area contributed by atoms with Gasteiger partial charge in [0.2, 0.25) is 0 Å². The van der Waals surface area contributed by atoms with Crippen LogP contribution in [0.1, 0.15) is 11.1 Å². The zero-order valence-electron chi connectivity index (χ0n) is 11.3. The number of halogens is 1. The molecule has 2 N–H and O–H groups in total. The van der Waals surface area contributed by atoms with Gasteiger partial charge >= 0.3 is 0 Å². The van der Waals surface area contributed by atoms with Crippen LogP contribution in [0.15, 0.2) is 46.9 Å². The van der Waals surface area contributed by atoms with E-state index in [0.29, 0.717) is 11.3 Å². The number of hydrogen-bond donors (Lipinski definition) is 1. The fourth-order valence-electron chi connectivity index (χ4n) is 2.04. The fourth-order valence-corrected chi connectivity index (χ4v) is 2.30. The lowest BCUT2D eigenvalue weighted by atomic mass is 10.1. The average molecular weight is 330 g/mol. The second kappa shape index (κ2) is 6.44. The molecule has 0 aliphatic rings. The van der Waals surface area contributed by atoms with Gasteiger partial charge in [0.05, 0.1) is 23.0 Å². The van der Waals surface area contributed by atoms with Gasteiger partial charge in [-0.05, 0) is 42.3 Å². The molecule has 0 bridgehead atoms. The third-order valence-electron chi connectivity index (χ3n) is 3.22. The second-order valence-corrected chi connectivity index (χ2v) is 5.60. The predicted molar refractivity (Wildman–Crippen MR) is 86.7 cm³/mol. The summed E-state index contributed by atoms with van der Waals surface area (Å²) in [5.74, 6) is 0. The lowest BCUT2D eigenvalue weighted by Crippen LogP contribution is -2.21.